The zero-order valence-electron chi connectivity index (χ0n) is 9.92. The highest BCUT2D eigenvalue weighted by Gasteiger charge is 2.39. The number of anilines is 1. The third kappa shape index (κ3) is 3.31. The summed E-state index contributed by atoms with van der Waals surface area (Å²) in [6.45, 7) is 1.41. The highest BCUT2D eigenvalue weighted by Crippen LogP contribution is 2.27. The minimum absolute atomic E-state index is 0.0815. The van der Waals surface area contributed by atoms with Crippen LogP contribution in [0.4, 0.5) is 18.9 Å². The first-order chi connectivity index (χ1) is 8.98. The summed E-state index contributed by atoms with van der Waals surface area (Å²) in [6, 6.07) is 1.60. The molecule has 4 nitrogen and oxygen atoms in total. The molecular weight excluding hydrogens is 259 g/mol. The third-order valence-electron chi connectivity index (χ3n) is 2.74. The lowest BCUT2D eigenvalue weighted by molar-refractivity contribution is -0.167. The molecule has 102 valence electrons. The summed E-state index contributed by atoms with van der Waals surface area (Å²) in [7, 11) is 0. The van der Waals surface area contributed by atoms with Crippen molar-refractivity contribution in [2.45, 2.75) is 12.6 Å². The van der Waals surface area contributed by atoms with Crippen LogP contribution in [-0.4, -0.2) is 30.2 Å². The molecule has 0 aromatic carbocycles. The van der Waals surface area contributed by atoms with Crippen LogP contribution in [0.2, 0.25) is 0 Å². The Balaban J connectivity index is 2.26. The van der Waals surface area contributed by atoms with E-state index >= 15 is 0 Å². The van der Waals surface area contributed by atoms with E-state index in [1.54, 1.807) is 6.07 Å². The molecule has 2 N–H and O–H groups in total. The lowest BCUT2D eigenvalue weighted by atomic mass is 10.00. The number of rotatable bonds is 2. The van der Waals surface area contributed by atoms with E-state index in [9.17, 15) is 18.0 Å². The maximum Gasteiger partial charge on any atom is 0.471 e. The molecule has 1 amide bonds. The van der Waals surface area contributed by atoms with Crippen LogP contribution < -0.4 is 10.6 Å². The van der Waals surface area contributed by atoms with Crippen molar-refractivity contribution in [2.24, 2.45) is 0 Å². The van der Waals surface area contributed by atoms with E-state index in [0.717, 1.165) is 12.1 Å². The number of hydrogen-bond acceptors (Lipinski definition) is 3. The predicted octanol–water partition coefficient (Wildman–Crippen LogP) is 1.96. The molecule has 0 saturated heterocycles. The number of halogens is 3. The van der Waals surface area contributed by atoms with Crippen molar-refractivity contribution >= 4 is 17.2 Å². The molecule has 19 heavy (non-hydrogen) atoms. The van der Waals surface area contributed by atoms with E-state index in [-0.39, 0.29) is 5.69 Å². The molecule has 0 bridgehead atoms. The monoisotopic (exact) mass is 271 g/mol. The quantitative estimate of drug-likeness (QED) is 0.864. The van der Waals surface area contributed by atoms with Gasteiger partial charge in [0.2, 0.25) is 0 Å². The topological polar surface area (TPSA) is 54.0 Å². The number of pyridine rings is 1. The average Bonchev–Trinajstić information content (AvgIpc) is 2.39. The fourth-order valence-electron chi connectivity index (χ4n) is 1.83. The summed E-state index contributed by atoms with van der Waals surface area (Å²) in [5, 5.41) is 4.97. The Bertz CT molecular complexity index is 511. The highest BCUT2D eigenvalue weighted by molar-refractivity contribution is 5.97. The molecule has 0 saturated carbocycles. The first-order valence-corrected chi connectivity index (χ1v) is 5.71. The van der Waals surface area contributed by atoms with E-state index < -0.39 is 12.1 Å². The van der Waals surface area contributed by atoms with Crippen LogP contribution in [0.15, 0.2) is 24.5 Å². The summed E-state index contributed by atoms with van der Waals surface area (Å²) >= 11 is 0. The molecule has 0 aliphatic carbocycles. The molecular formula is C12H12F3N3O. The number of alkyl halides is 3. The Hall–Kier alpha value is -1.89. The highest BCUT2D eigenvalue weighted by atomic mass is 19.4. The largest absolute Gasteiger partial charge is 0.471 e. The number of carbonyl (C=O) groups excluding carboxylic acids is 1. The van der Waals surface area contributed by atoms with Gasteiger partial charge in [-0.1, -0.05) is 6.08 Å². The van der Waals surface area contributed by atoms with E-state index in [4.69, 9.17) is 0 Å². The smallest absolute Gasteiger partial charge is 0.316 e. The molecule has 0 spiro atoms. The van der Waals surface area contributed by atoms with Crippen molar-refractivity contribution in [3.05, 3.63) is 30.1 Å². The summed E-state index contributed by atoms with van der Waals surface area (Å²) in [5.74, 6) is -1.99. The molecule has 1 aromatic heterocycles. The Morgan fingerprint density at radius 2 is 2.21 bits per heavy atom. The summed E-state index contributed by atoms with van der Waals surface area (Å²) in [6.07, 6.45) is 0.389. The van der Waals surface area contributed by atoms with Gasteiger partial charge in [0.1, 0.15) is 0 Å². The van der Waals surface area contributed by atoms with Crippen LogP contribution in [0, 0.1) is 0 Å². The molecule has 1 aliphatic heterocycles. The SMILES string of the molecule is O=C(Nc1cnccc1C1=CCNCC1)C(F)(F)F. The number of nitrogens with one attached hydrogen (secondary N) is 2. The summed E-state index contributed by atoms with van der Waals surface area (Å²) in [5.41, 5.74) is 1.56. The number of amides is 1. The van der Waals surface area contributed by atoms with Crippen molar-refractivity contribution in [1.29, 1.82) is 0 Å². The minimum Gasteiger partial charge on any atom is -0.316 e. The standard InChI is InChI=1S/C12H12F3N3O/c13-12(14,15)11(19)18-10-7-17-6-3-9(10)8-1-4-16-5-2-8/h1,3,6-7,16H,2,4-5H2,(H,18,19). The van der Waals surface area contributed by atoms with E-state index in [0.29, 0.717) is 18.5 Å². The predicted molar refractivity (Wildman–Crippen MR) is 64.4 cm³/mol. The molecule has 7 heteroatoms. The molecule has 0 radical (unpaired) electrons. The van der Waals surface area contributed by atoms with Crippen LogP contribution in [-0.2, 0) is 4.79 Å². The van der Waals surface area contributed by atoms with E-state index in [2.05, 4.69) is 10.3 Å². The first kappa shape index (κ1) is 13.5. The van der Waals surface area contributed by atoms with Gasteiger partial charge in [-0.15, -0.1) is 0 Å². The van der Waals surface area contributed by atoms with Gasteiger partial charge in [0.15, 0.2) is 0 Å². The normalized spacial score (nSPS) is 15.8. The van der Waals surface area contributed by atoms with Gasteiger partial charge in [-0.25, -0.2) is 0 Å². The second-order valence-corrected chi connectivity index (χ2v) is 4.06. The second kappa shape index (κ2) is 5.40. The van der Waals surface area contributed by atoms with Gasteiger partial charge < -0.3 is 10.6 Å². The van der Waals surface area contributed by atoms with Gasteiger partial charge in [-0.3, -0.25) is 9.78 Å². The van der Waals surface area contributed by atoms with Crippen LogP contribution in [0.1, 0.15) is 12.0 Å². The van der Waals surface area contributed by atoms with Crippen molar-refractivity contribution in [3.63, 3.8) is 0 Å². The minimum atomic E-state index is -4.91. The van der Waals surface area contributed by atoms with Crippen molar-refractivity contribution in [1.82, 2.24) is 10.3 Å². The van der Waals surface area contributed by atoms with Gasteiger partial charge in [0.05, 0.1) is 11.9 Å². The Morgan fingerprint density at radius 3 is 2.84 bits per heavy atom. The maximum absolute atomic E-state index is 12.3. The van der Waals surface area contributed by atoms with Crippen molar-refractivity contribution < 1.29 is 18.0 Å². The van der Waals surface area contributed by atoms with Crippen molar-refractivity contribution in [2.75, 3.05) is 18.4 Å². The van der Waals surface area contributed by atoms with Gasteiger partial charge in [-0.2, -0.15) is 13.2 Å². The third-order valence-corrected chi connectivity index (χ3v) is 2.74. The molecule has 0 unspecified atom stereocenters. The molecule has 2 rings (SSSR count). The summed E-state index contributed by atoms with van der Waals surface area (Å²) in [4.78, 5) is 14.7. The summed E-state index contributed by atoms with van der Waals surface area (Å²) < 4.78 is 36.8. The lowest BCUT2D eigenvalue weighted by Crippen LogP contribution is -2.30. The van der Waals surface area contributed by atoms with Gasteiger partial charge in [-0.05, 0) is 24.6 Å². The Kier molecular flexibility index (Phi) is 3.84. The molecule has 0 fully saturated rings. The van der Waals surface area contributed by atoms with Gasteiger partial charge >= 0.3 is 12.1 Å². The van der Waals surface area contributed by atoms with E-state index in [1.165, 1.54) is 12.4 Å². The van der Waals surface area contributed by atoms with Crippen molar-refractivity contribution in [3.8, 4) is 0 Å². The molecule has 0 atom stereocenters. The van der Waals surface area contributed by atoms with Gasteiger partial charge in [0.25, 0.3) is 0 Å². The molecule has 2 heterocycles. The van der Waals surface area contributed by atoms with Gasteiger partial charge in [0, 0.05) is 18.3 Å². The Morgan fingerprint density at radius 1 is 1.42 bits per heavy atom. The average molecular weight is 271 g/mol. The number of nitrogens with zero attached hydrogens (tertiary/aromatic N) is 1. The zero-order valence-corrected chi connectivity index (χ0v) is 9.92. The van der Waals surface area contributed by atoms with Crippen LogP contribution >= 0.6 is 0 Å². The number of hydrogen-bond donors (Lipinski definition) is 2. The second-order valence-electron chi connectivity index (χ2n) is 4.06. The molecule has 1 aliphatic rings. The lowest BCUT2D eigenvalue weighted by Gasteiger charge is -2.17. The number of carbonyl (C=O) groups is 1. The van der Waals surface area contributed by atoms with E-state index in [1.807, 2.05) is 11.4 Å². The fraction of sp³-hybridized carbons (Fsp3) is 0.333. The molecule has 1 aromatic rings. The van der Waals surface area contributed by atoms with Crippen LogP contribution in [0.25, 0.3) is 5.57 Å². The zero-order chi connectivity index (χ0) is 13.9. The fourth-order valence-corrected chi connectivity index (χ4v) is 1.83. The van der Waals surface area contributed by atoms with Crippen LogP contribution in [0.3, 0.4) is 0 Å². The Labute approximate surface area is 107 Å². The first-order valence-electron chi connectivity index (χ1n) is 5.71. The maximum atomic E-state index is 12.3. The van der Waals surface area contributed by atoms with Crippen LogP contribution in [0.5, 0.6) is 0 Å². The number of aromatic nitrogens is 1.